The topological polar surface area (TPSA) is 118 Å². The Morgan fingerprint density at radius 2 is 1.56 bits per heavy atom. The Kier molecular flexibility index (Phi) is 10.6. The summed E-state index contributed by atoms with van der Waals surface area (Å²) in [6.07, 6.45) is 2.15. The van der Waals surface area contributed by atoms with Gasteiger partial charge in [0.15, 0.2) is 6.29 Å². The number of thioether (sulfide) groups is 1. The summed E-state index contributed by atoms with van der Waals surface area (Å²) in [7, 11) is 0. The number of amides is 1. The lowest BCUT2D eigenvalue weighted by molar-refractivity contribution is -0.268. The van der Waals surface area contributed by atoms with Crippen LogP contribution >= 0.6 is 11.8 Å². The Balaban J connectivity index is 1.20. The van der Waals surface area contributed by atoms with Crippen molar-refractivity contribution in [2.24, 2.45) is 5.92 Å². The number of carbonyl (C=O) groups is 2. The molecule has 1 aromatic heterocycles. The number of rotatable bonds is 11. The predicted octanol–water partition coefficient (Wildman–Crippen LogP) is 7.45. The molecule has 0 unspecified atom stereocenters. The van der Waals surface area contributed by atoms with Crippen molar-refractivity contribution in [2.45, 2.75) is 43.5 Å². The average Bonchev–Trinajstić information content (AvgIpc) is 3.14. The quantitative estimate of drug-likeness (QED) is 0.125. The van der Waals surface area contributed by atoms with Crippen LogP contribution in [0.1, 0.15) is 62.3 Å². The molecule has 4 atom stereocenters. The van der Waals surface area contributed by atoms with E-state index in [9.17, 15) is 19.8 Å². The van der Waals surface area contributed by atoms with E-state index < -0.39 is 12.3 Å². The molecule has 9 heteroatoms. The molecule has 0 bridgehead atoms. The van der Waals surface area contributed by atoms with Gasteiger partial charge in [-0.15, -0.1) is 11.8 Å². The summed E-state index contributed by atoms with van der Waals surface area (Å²) in [6, 6.07) is 34.3. The van der Waals surface area contributed by atoms with Crippen LogP contribution in [0.5, 0.6) is 0 Å². The molecule has 3 N–H and O–H groups in total. The molecule has 0 radical (unpaired) electrons. The molecule has 244 valence electrons. The van der Waals surface area contributed by atoms with Gasteiger partial charge in [-0.05, 0) is 64.2 Å². The van der Waals surface area contributed by atoms with Crippen LogP contribution in [-0.2, 0) is 22.6 Å². The van der Waals surface area contributed by atoms with Gasteiger partial charge >= 0.3 is 5.97 Å². The zero-order chi connectivity index (χ0) is 33.5. The van der Waals surface area contributed by atoms with Gasteiger partial charge in [-0.25, -0.2) is 4.79 Å². The van der Waals surface area contributed by atoms with E-state index in [2.05, 4.69) is 17.2 Å². The average molecular weight is 661 g/mol. The highest BCUT2D eigenvalue weighted by molar-refractivity contribution is 7.99. The second-order valence-corrected chi connectivity index (χ2v) is 12.8. The standard InChI is InChI=1S/C39H36N2O6S/c1-25-35(24-48-33-18-16-29(17-19-33)38(44)45)46-39(47-36(25)28-10-8-26(23-42)9-11-28)30-14-12-27(13-15-30)34-7-3-2-5-31(34)22-41-37(43)32-6-4-20-40-21-32/h2-21,25,35-36,39,42H,22-24H2,1H3,(H,41,43)(H,44,45)/t25-,35+,36+,39+/m0/s1. The fraction of sp³-hybridized carbons (Fsp3) is 0.205. The van der Waals surface area contributed by atoms with Crippen molar-refractivity contribution in [1.82, 2.24) is 10.3 Å². The van der Waals surface area contributed by atoms with Crippen molar-refractivity contribution in [2.75, 3.05) is 5.75 Å². The Hall–Kier alpha value is -4.80. The number of nitrogens with one attached hydrogen (secondary N) is 1. The molecule has 48 heavy (non-hydrogen) atoms. The molecule has 6 rings (SSSR count). The monoisotopic (exact) mass is 660 g/mol. The Morgan fingerprint density at radius 3 is 2.25 bits per heavy atom. The molecule has 8 nitrogen and oxygen atoms in total. The summed E-state index contributed by atoms with van der Waals surface area (Å²) in [6.45, 7) is 2.46. The van der Waals surface area contributed by atoms with Crippen molar-refractivity contribution in [3.63, 3.8) is 0 Å². The van der Waals surface area contributed by atoms with Crippen molar-refractivity contribution < 1.29 is 29.3 Å². The highest BCUT2D eigenvalue weighted by atomic mass is 32.2. The van der Waals surface area contributed by atoms with Gasteiger partial charge < -0.3 is 25.0 Å². The van der Waals surface area contributed by atoms with Crippen LogP contribution in [0.25, 0.3) is 11.1 Å². The van der Waals surface area contributed by atoms with Gasteiger partial charge in [-0.1, -0.05) is 79.7 Å². The van der Waals surface area contributed by atoms with Crippen LogP contribution in [0.4, 0.5) is 0 Å². The van der Waals surface area contributed by atoms with E-state index in [4.69, 9.17) is 9.47 Å². The maximum atomic E-state index is 12.6. The summed E-state index contributed by atoms with van der Waals surface area (Å²) in [4.78, 5) is 28.9. The van der Waals surface area contributed by atoms with E-state index in [1.54, 1.807) is 48.4 Å². The maximum Gasteiger partial charge on any atom is 0.335 e. The minimum Gasteiger partial charge on any atom is -0.478 e. The van der Waals surface area contributed by atoms with Crippen LogP contribution in [0.2, 0.25) is 0 Å². The lowest BCUT2D eigenvalue weighted by Crippen LogP contribution is -2.38. The fourth-order valence-corrected chi connectivity index (χ4v) is 6.80. The molecule has 1 aliphatic rings. The van der Waals surface area contributed by atoms with E-state index in [0.29, 0.717) is 17.9 Å². The third-order valence-corrected chi connectivity index (χ3v) is 9.61. The summed E-state index contributed by atoms with van der Waals surface area (Å²) in [5, 5.41) is 21.8. The van der Waals surface area contributed by atoms with Crippen LogP contribution < -0.4 is 5.32 Å². The normalized spacial score (nSPS) is 19.0. The molecule has 0 aliphatic carbocycles. The van der Waals surface area contributed by atoms with E-state index in [1.165, 1.54) is 0 Å². The van der Waals surface area contributed by atoms with Gasteiger partial charge in [0, 0.05) is 41.1 Å². The van der Waals surface area contributed by atoms with Gasteiger partial charge in [-0.3, -0.25) is 9.78 Å². The number of aromatic carboxylic acids is 1. The first-order chi connectivity index (χ1) is 23.4. The van der Waals surface area contributed by atoms with E-state index in [1.807, 2.05) is 84.9 Å². The first-order valence-corrected chi connectivity index (χ1v) is 16.7. The maximum absolute atomic E-state index is 12.6. The molecule has 1 fully saturated rings. The number of carboxylic acids is 1. The highest BCUT2D eigenvalue weighted by Gasteiger charge is 2.38. The molecule has 1 saturated heterocycles. The smallest absolute Gasteiger partial charge is 0.335 e. The SMILES string of the molecule is C[C@H]1[C@@H](CSc2ccc(C(=O)O)cc2)O[C@@H](c2ccc(-c3ccccc3CNC(=O)c3cccnc3)cc2)O[C@H]1c1ccc(CO)cc1. The number of hydrogen-bond donors (Lipinski definition) is 3. The number of aliphatic hydroxyl groups excluding tert-OH is 1. The van der Waals surface area contributed by atoms with Crippen molar-refractivity contribution in [3.05, 3.63) is 155 Å². The summed E-state index contributed by atoms with van der Waals surface area (Å²) >= 11 is 1.62. The van der Waals surface area contributed by atoms with Crippen LogP contribution in [0.15, 0.2) is 126 Å². The van der Waals surface area contributed by atoms with Gasteiger partial charge in [0.25, 0.3) is 5.91 Å². The number of carboxylic acid groups (broad SMARTS) is 1. The third kappa shape index (κ3) is 7.83. The predicted molar refractivity (Wildman–Crippen MR) is 184 cm³/mol. The first kappa shape index (κ1) is 33.1. The summed E-state index contributed by atoms with van der Waals surface area (Å²) in [5.41, 5.74) is 6.49. The number of aromatic nitrogens is 1. The Morgan fingerprint density at radius 1 is 0.833 bits per heavy atom. The minimum atomic E-state index is -0.951. The zero-order valence-electron chi connectivity index (χ0n) is 26.4. The second kappa shape index (κ2) is 15.4. The number of hydrogen-bond acceptors (Lipinski definition) is 7. The molecule has 4 aromatic carbocycles. The number of carbonyl (C=O) groups excluding carboxylic acids is 1. The molecule has 5 aromatic rings. The van der Waals surface area contributed by atoms with Gasteiger partial charge in [0.2, 0.25) is 0 Å². The Bertz CT molecular complexity index is 1830. The molecule has 2 heterocycles. The largest absolute Gasteiger partial charge is 0.478 e. The van der Waals surface area contributed by atoms with Crippen molar-refractivity contribution in [3.8, 4) is 11.1 Å². The minimum absolute atomic E-state index is 0.0139. The molecule has 1 aliphatic heterocycles. The van der Waals surface area contributed by atoms with Gasteiger partial charge in [0.05, 0.1) is 29.9 Å². The van der Waals surface area contributed by atoms with E-state index in [0.717, 1.165) is 38.3 Å². The van der Waals surface area contributed by atoms with Crippen molar-refractivity contribution in [1.29, 1.82) is 0 Å². The van der Waals surface area contributed by atoms with Crippen LogP contribution in [-0.4, -0.2) is 38.9 Å². The molecule has 0 spiro atoms. The number of benzene rings is 4. The van der Waals surface area contributed by atoms with Crippen LogP contribution in [0, 0.1) is 5.92 Å². The fourth-order valence-electron chi connectivity index (χ4n) is 5.73. The molecule has 0 saturated carbocycles. The Labute approximate surface area is 283 Å². The number of aliphatic hydroxyl groups is 1. The number of pyridine rings is 1. The van der Waals surface area contributed by atoms with Crippen LogP contribution in [0.3, 0.4) is 0 Å². The summed E-state index contributed by atoms with van der Waals surface area (Å²) < 4.78 is 13.2. The van der Waals surface area contributed by atoms with Crippen molar-refractivity contribution >= 4 is 23.6 Å². The molecular weight excluding hydrogens is 625 g/mol. The molecule has 1 amide bonds. The van der Waals surface area contributed by atoms with Gasteiger partial charge in [-0.2, -0.15) is 0 Å². The third-order valence-electron chi connectivity index (χ3n) is 8.51. The highest BCUT2D eigenvalue weighted by Crippen LogP contribution is 2.43. The zero-order valence-corrected chi connectivity index (χ0v) is 27.2. The number of nitrogens with zero attached hydrogens (tertiary/aromatic N) is 1. The van der Waals surface area contributed by atoms with E-state index >= 15 is 0 Å². The lowest BCUT2D eigenvalue weighted by Gasteiger charge is -2.41. The molecular formula is C39H36N2O6S. The van der Waals surface area contributed by atoms with E-state index in [-0.39, 0.29) is 36.2 Å². The number of ether oxygens (including phenoxy) is 2. The second-order valence-electron chi connectivity index (χ2n) is 11.7. The first-order valence-electron chi connectivity index (χ1n) is 15.7. The van der Waals surface area contributed by atoms with Gasteiger partial charge in [0.1, 0.15) is 0 Å². The summed E-state index contributed by atoms with van der Waals surface area (Å²) in [5.74, 6) is -0.470. The lowest BCUT2D eigenvalue weighted by atomic mass is 9.91.